The minimum Gasteiger partial charge on any atom is -0.339 e. The van der Waals surface area contributed by atoms with Crippen LogP contribution in [-0.4, -0.2) is 9.97 Å². The first-order valence-electron chi connectivity index (χ1n) is 4.65. The Morgan fingerprint density at radius 1 is 1.29 bits per heavy atom. The van der Waals surface area contributed by atoms with Crippen molar-refractivity contribution in [1.82, 2.24) is 9.97 Å². The second kappa shape index (κ2) is 5.13. The zero-order chi connectivity index (χ0) is 12.3. The first kappa shape index (κ1) is 11.8. The highest BCUT2D eigenvalue weighted by Crippen LogP contribution is 2.24. The second-order valence-electron chi connectivity index (χ2n) is 3.12. The molecule has 0 bridgehead atoms. The Balaban J connectivity index is 2.34. The van der Waals surface area contributed by atoms with Gasteiger partial charge in [0.2, 0.25) is 5.28 Å². The van der Waals surface area contributed by atoms with Crippen molar-refractivity contribution in [3.05, 3.63) is 45.8 Å². The van der Waals surface area contributed by atoms with E-state index in [1.165, 1.54) is 6.07 Å². The van der Waals surface area contributed by atoms with Gasteiger partial charge < -0.3 is 5.32 Å². The van der Waals surface area contributed by atoms with E-state index < -0.39 is 0 Å². The third kappa shape index (κ3) is 2.93. The topological polar surface area (TPSA) is 61.6 Å². The first-order chi connectivity index (χ1) is 8.19. The number of aromatic nitrogens is 2. The molecule has 2 aromatic rings. The molecule has 0 atom stereocenters. The third-order valence-corrected chi connectivity index (χ3v) is 2.81. The smallest absolute Gasteiger partial charge is 0.225 e. The molecule has 0 saturated heterocycles. The highest BCUT2D eigenvalue weighted by Gasteiger charge is 2.04. The number of benzene rings is 1. The van der Waals surface area contributed by atoms with Gasteiger partial charge >= 0.3 is 0 Å². The Morgan fingerprint density at radius 3 is 2.76 bits per heavy atom. The lowest BCUT2D eigenvalue weighted by Crippen LogP contribution is -1.97. The minimum atomic E-state index is 0.0404. The molecule has 6 heteroatoms. The fourth-order valence-electron chi connectivity index (χ4n) is 1.24. The molecule has 1 N–H and O–H groups in total. The van der Waals surface area contributed by atoms with Gasteiger partial charge in [0, 0.05) is 10.5 Å². The van der Waals surface area contributed by atoms with Crippen LogP contribution in [0.15, 0.2) is 34.8 Å². The summed E-state index contributed by atoms with van der Waals surface area (Å²) < 4.78 is 0.897. The van der Waals surface area contributed by atoms with Gasteiger partial charge in [-0.15, -0.1) is 0 Å². The van der Waals surface area contributed by atoms with Gasteiger partial charge in [-0.05, 0) is 39.7 Å². The van der Waals surface area contributed by atoms with Crippen LogP contribution in [0.2, 0.25) is 5.28 Å². The van der Waals surface area contributed by atoms with E-state index in [9.17, 15) is 0 Å². The Hall–Kier alpha value is -1.64. The van der Waals surface area contributed by atoms with Gasteiger partial charge in [0.15, 0.2) is 0 Å². The van der Waals surface area contributed by atoms with E-state index in [1.807, 2.05) is 30.3 Å². The highest BCUT2D eigenvalue weighted by atomic mass is 79.9. The van der Waals surface area contributed by atoms with E-state index in [-0.39, 0.29) is 11.0 Å². The number of nitriles is 1. The molecule has 2 rings (SSSR count). The number of para-hydroxylation sites is 1. The summed E-state index contributed by atoms with van der Waals surface area (Å²) in [5, 5.41) is 11.9. The van der Waals surface area contributed by atoms with Crippen molar-refractivity contribution < 1.29 is 0 Å². The molecule has 1 aromatic heterocycles. The second-order valence-corrected chi connectivity index (χ2v) is 4.32. The SMILES string of the molecule is N#Cc1cc(Nc2ccccc2Br)nc(Cl)n1. The number of nitrogens with zero attached hydrogens (tertiary/aromatic N) is 3. The van der Waals surface area contributed by atoms with Crippen molar-refractivity contribution in [3.8, 4) is 6.07 Å². The summed E-state index contributed by atoms with van der Waals surface area (Å²) in [6.07, 6.45) is 0. The number of hydrogen-bond donors (Lipinski definition) is 1. The molecule has 0 radical (unpaired) electrons. The number of rotatable bonds is 2. The van der Waals surface area contributed by atoms with Crippen molar-refractivity contribution >= 4 is 39.0 Å². The van der Waals surface area contributed by atoms with Gasteiger partial charge in [0.1, 0.15) is 17.6 Å². The van der Waals surface area contributed by atoms with E-state index in [2.05, 4.69) is 31.2 Å². The van der Waals surface area contributed by atoms with Gasteiger partial charge in [0.05, 0.1) is 5.69 Å². The number of anilines is 2. The summed E-state index contributed by atoms with van der Waals surface area (Å²) in [6.45, 7) is 0. The molecule has 0 fully saturated rings. The molecule has 0 saturated carbocycles. The molecule has 0 spiro atoms. The molecular weight excluding hydrogens is 304 g/mol. The van der Waals surface area contributed by atoms with E-state index in [0.717, 1.165) is 10.2 Å². The zero-order valence-corrected chi connectivity index (χ0v) is 10.8. The normalized spacial score (nSPS) is 9.71. The Bertz CT molecular complexity index is 594. The maximum absolute atomic E-state index is 8.77. The molecule has 1 heterocycles. The van der Waals surface area contributed by atoms with Crippen LogP contribution < -0.4 is 5.32 Å². The molecule has 0 aliphatic carbocycles. The van der Waals surface area contributed by atoms with Crippen LogP contribution in [0.3, 0.4) is 0 Å². The molecule has 4 nitrogen and oxygen atoms in total. The summed E-state index contributed by atoms with van der Waals surface area (Å²) >= 11 is 9.11. The molecule has 84 valence electrons. The van der Waals surface area contributed by atoms with Gasteiger partial charge in [-0.25, -0.2) is 9.97 Å². The fourth-order valence-corrected chi connectivity index (χ4v) is 1.81. The summed E-state index contributed by atoms with van der Waals surface area (Å²) in [4.78, 5) is 7.75. The van der Waals surface area contributed by atoms with Gasteiger partial charge in [-0.2, -0.15) is 5.26 Å². The first-order valence-corrected chi connectivity index (χ1v) is 5.82. The predicted octanol–water partition coefficient (Wildman–Crippen LogP) is 3.51. The standard InChI is InChI=1S/C11H6BrClN4/c12-8-3-1-2-4-9(8)16-10-5-7(6-14)15-11(13)17-10/h1-5H,(H,15,16,17). The summed E-state index contributed by atoms with van der Waals surface area (Å²) in [6, 6.07) is 11.0. The molecule has 0 aliphatic heterocycles. The lowest BCUT2D eigenvalue weighted by molar-refractivity contribution is 1.14. The van der Waals surface area contributed by atoms with Crippen molar-refractivity contribution in [2.75, 3.05) is 5.32 Å². The molecule has 0 amide bonds. The maximum Gasteiger partial charge on any atom is 0.225 e. The van der Waals surface area contributed by atoms with Crippen molar-refractivity contribution in [1.29, 1.82) is 5.26 Å². The maximum atomic E-state index is 8.77. The van der Waals surface area contributed by atoms with Crippen LogP contribution in [-0.2, 0) is 0 Å². The summed E-state index contributed by atoms with van der Waals surface area (Å²) in [7, 11) is 0. The lowest BCUT2D eigenvalue weighted by atomic mass is 10.3. The van der Waals surface area contributed by atoms with Crippen LogP contribution in [0, 0.1) is 11.3 Å². The van der Waals surface area contributed by atoms with E-state index in [4.69, 9.17) is 16.9 Å². The van der Waals surface area contributed by atoms with E-state index >= 15 is 0 Å². The zero-order valence-electron chi connectivity index (χ0n) is 8.48. The van der Waals surface area contributed by atoms with Crippen LogP contribution in [0.1, 0.15) is 5.69 Å². The molecule has 1 aromatic carbocycles. The quantitative estimate of drug-likeness (QED) is 0.862. The largest absolute Gasteiger partial charge is 0.339 e. The lowest BCUT2D eigenvalue weighted by Gasteiger charge is -2.07. The highest BCUT2D eigenvalue weighted by molar-refractivity contribution is 9.10. The van der Waals surface area contributed by atoms with Crippen LogP contribution >= 0.6 is 27.5 Å². The van der Waals surface area contributed by atoms with Crippen molar-refractivity contribution in [2.45, 2.75) is 0 Å². The number of halogens is 2. The van der Waals surface area contributed by atoms with Gasteiger partial charge in [-0.3, -0.25) is 0 Å². The van der Waals surface area contributed by atoms with Crippen molar-refractivity contribution in [2.24, 2.45) is 0 Å². The van der Waals surface area contributed by atoms with E-state index in [0.29, 0.717) is 5.82 Å². The molecule has 0 unspecified atom stereocenters. The monoisotopic (exact) mass is 308 g/mol. The molecular formula is C11H6BrClN4. The molecule has 17 heavy (non-hydrogen) atoms. The number of nitrogens with one attached hydrogen (secondary N) is 1. The summed E-state index contributed by atoms with van der Waals surface area (Å²) in [5.41, 5.74) is 1.06. The Kier molecular flexibility index (Phi) is 3.57. The third-order valence-electron chi connectivity index (χ3n) is 1.95. The number of hydrogen-bond acceptors (Lipinski definition) is 4. The predicted molar refractivity (Wildman–Crippen MR) is 69.2 cm³/mol. The Labute approximate surface area is 111 Å². The Morgan fingerprint density at radius 2 is 2.06 bits per heavy atom. The fraction of sp³-hybridized carbons (Fsp3) is 0. The minimum absolute atomic E-state index is 0.0404. The summed E-state index contributed by atoms with van der Waals surface area (Å²) in [5.74, 6) is 0.480. The van der Waals surface area contributed by atoms with Crippen molar-refractivity contribution in [3.63, 3.8) is 0 Å². The van der Waals surface area contributed by atoms with Crippen LogP contribution in [0.4, 0.5) is 11.5 Å². The van der Waals surface area contributed by atoms with Crippen LogP contribution in [0.5, 0.6) is 0 Å². The average Bonchev–Trinajstić information content (AvgIpc) is 2.31. The van der Waals surface area contributed by atoms with Crippen LogP contribution in [0.25, 0.3) is 0 Å². The van der Waals surface area contributed by atoms with E-state index in [1.54, 1.807) is 0 Å². The van der Waals surface area contributed by atoms with Gasteiger partial charge in [0.25, 0.3) is 0 Å². The molecule has 0 aliphatic rings. The average molecular weight is 310 g/mol. The van der Waals surface area contributed by atoms with Gasteiger partial charge in [-0.1, -0.05) is 12.1 Å².